The van der Waals surface area contributed by atoms with Crippen LogP contribution in [0.4, 0.5) is 5.69 Å². The molecular formula is C20H26ClN3O3. The van der Waals surface area contributed by atoms with Crippen LogP contribution in [0.2, 0.25) is 0 Å². The minimum absolute atomic E-state index is 0. The minimum Gasteiger partial charge on any atom is -0.495 e. The van der Waals surface area contributed by atoms with Crippen LogP contribution in [-0.2, 0) is 11.3 Å². The van der Waals surface area contributed by atoms with Gasteiger partial charge in [0, 0.05) is 18.7 Å². The Morgan fingerprint density at radius 3 is 2.37 bits per heavy atom. The lowest BCUT2D eigenvalue weighted by Gasteiger charge is -2.22. The number of hydrogen-bond donors (Lipinski definition) is 2. The lowest BCUT2D eigenvalue weighted by atomic mass is 10.1. The van der Waals surface area contributed by atoms with Gasteiger partial charge in [-0.15, -0.1) is 12.4 Å². The molecule has 0 saturated heterocycles. The summed E-state index contributed by atoms with van der Waals surface area (Å²) >= 11 is 0. The average Bonchev–Trinajstić information content (AvgIpc) is 2.67. The first-order valence-electron chi connectivity index (χ1n) is 8.60. The summed E-state index contributed by atoms with van der Waals surface area (Å²) in [7, 11) is 1.54. The maximum absolute atomic E-state index is 12.7. The van der Waals surface area contributed by atoms with E-state index in [-0.39, 0.29) is 30.8 Å². The van der Waals surface area contributed by atoms with Gasteiger partial charge in [0.15, 0.2) is 0 Å². The summed E-state index contributed by atoms with van der Waals surface area (Å²) < 4.78 is 5.23. The van der Waals surface area contributed by atoms with Gasteiger partial charge < -0.3 is 20.7 Å². The van der Waals surface area contributed by atoms with E-state index in [0.29, 0.717) is 30.1 Å². The Morgan fingerprint density at radius 2 is 1.78 bits per heavy atom. The maximum atomic E-state index is 12.7. The van der Waals surface area contributed by atoms with Crippen molar-refractivity contribution >= 4 is 29.9 Å². The molecular weight excluding hydrogens is 366 g/mol. The van der Waals surface area contributed by atoms with Gasteiger partial charge in [0.05, 0.1) is 12.8 Å². The predicted molar refractivity (Wildman–Crippen MR) is 109 cm³/mol. The van der Waals surface area contributed by atoms with Crippen LogP contribution < -0.4 is 15.8 Å². The van der Waals surface area contributed by atoms with Crippen molar-refractivity contribution in [3.05, 3.63) is 59.7 Å². The number of ether oxygens (including phenoxy) is 1. The van der Waals surface area contributed by atoms with E-state index >= 15 is 0 Å². The fraction of sp³-hybridized carbons (Fsp3) is 0.300. The number of carbonyl (C=O) groups is 2. The molecule has 6 nitrogen and oxygen atoms in total. The van der Waals surface area contributed by atoms with Crippen LogP contribution in [0.1, 0.15) is 29.3 Å². The summed E-state index contributed by atoms with van der Waals surface area (Å²) in [5, 5.41) is 2.80. The summed E-state index contributed by atoms with van der Waals surface area (Å²) in [6, 6.07) is 14.3. The second-order valence-corrected chi connectivity index (χ2v) is 5.88. The van der Waals surface area contributed by atoms with Gasteiger partial charge in [-0.05, 0) is 36.2 Å². The van der Waals surface area contributed by atoms with Crippen LogP contribution in [0.15, 0.2) is 48.5 Å². The molecule has 0 bridgehead atoms. The number of nitrogens with zero attached hydrogens (tertiary/aromatic N) is 1. The van der Waals surface area contributed by atoms with Crippen LogP contribution >= 0.6 is 12.4 Å². The van der Waals surface area contributed by atoms with Crippen molar-refractivity contribution in [2.45, 2.75) is 19.9 Å². The van der Waals surface area contributed by atoms with E-state index in [2.05, 4.69) is 5.32 Å². The number of hydrogen-bond acceptors (Lipinski definition) is 4. The Balaban J connectivity index is 0.00000364. The average molecular weight is 392 g/mol. The lowest BCUT2D eigenvalue weighted by Crippen LogP contribution is -2.38. The van der Waals surface area contributed by atoms with Crippen molar-refractivity contribution in [1.29, 1.82) is 0 Å². The minimum atomic E-state index is -0.269. The summed E-state index contributed by atoms with van der Waals surface area (Å²) in [5.74, 6) is 0.132. The third-order valence-electron chi connectivity index (χ3n) is 3.93. The molecule has 2 aromatic rings. The van der Waals surface area contributed by atoms with Crippen LogP contribution in [0.3, 0.4) is 0 Å². The number of anilines is 1. The van der Waals surface area contributed by atoms with Crippen molar-refractivity contribution in [1.82, 2.24) is 4.90 Å². The Kier molecular flexibility index (Phi) is 9.33. The summed E-state index contributed by atoms with van der Waals surface area (Å²) in [6.45, 7) is 2.87. The first kappa shape index (κ1) is 22.5. The van der Waals surface area contributed by atoms with Crippen molar-refractivity contribution in [3.63, 3.8) is 0 Å². The van der Waals surface area contributed by atoms with E-state index in [9.17, 15) is 9.59 Å². The van der Waals surface area contributed by atoms with Crippen LogP contribution in [0, 0.1) is 0 Å². The molecule has 2 amide bonds. The van der Waals surface area contributed by atoms with Gasteiger partial charge in [-0.3, -0.25) is 9.59 Å². The van der Waals surface area contributed by atoms with Gasteiger partial charge in [0.25, 0.3) is 5.91 Å². The molecule has 0 spiro atoms. The van der Waals surface area contributed by atoms with E-state index in [1.54, 1.807) is 36.3 Å². The van der Waals surface area contributed by atoms with Crippen LogP contribution in [0.5, 0.6) is 5.75 Å². The second-order valence-electron chi connectivity index (χ2n) is 5.88. The molecule has 0 unspecified atom stereocenters. The molecule has 27 heavy (non-hydrogen) atoms. The molecule has 0 saturated carbocycles. The molecule has 0 heterocycles. The molecule has 3 N–H and O–H groups in total. The standard InChI is InChI=1S/C20H25N3O3.ClH/c1-3-12-23(20(25)16-10-8-15(13-21)9-11-16)14-19(24)22-17-6-4-5-7-18(17)26-2;/h4-11H,3,12-14,21H2,1-2H3,(H,22,24);1H. The summed E-state index contributed by atoms with van der Waals surface area (Å²) in [4.78, 5) is 26.7. The zero-order valence-electron chi connectivity index (χ0n) is 15.6. The number of nitrogens with two attached hydrogens (primary N) is 1. The zero-order valence-corrected chi connectivity index (χ0v) is 16.4. The number of nitrogens with one attached hydrogen (secondary N) is 1. The SMILES string of the molecule is CCCN(CC(=O)Nc1ccccc1OC)C(=O)c1ccc(CN)cc1.Cl. The van der Waals surface area contributed by atoms with E-state index in [1.807, 2.05) is 31.2 Å². The summed E-state index contributed by atoms with van der Waals surface area (Å²) in [6.07, 6.45) is 0.758. The Bertz CT molecular complexity index is 750. The maximum Gasteiger partial charge on any atom is 0.254 e. The molecule has 0 aliphatic carbocycles. The van der Waals surface area contributed by atoms with Gasteiger partial charge >= 0.3 is 0 Å². The molecule has 0 radical (unpaired) electrons. The number of halogens is 1. The number of para-hydroxylation sites is 2. The molecule has 7 heteroatoms. The highest BCUT2D eigenvalue weighted by Gasteiger charge is 2.19. The second kappa shape index (κ2) is 11.2. The first-order chi connectivity index (χ1) is 12.6. The number of rotatable bonds is 8. The van der Waals surface area contributed by atoms with E-state index in [4.69, 9.17) is 10.5 Å². The Morgan fingerprint density at radius 1 is 1.11 bits per heavy atom. The highest BCUT2D eigenvalue weighted by Crippen LogP contribution is 2.23. The normalized spacial score (nSPS) is 9.89. The number of methoxy groups -OCH3 is 1. The molecule has 0 aliphatic rings. The molecule has 0 fully saturated rings. The quantitative estimate of drug-likeness (QED) is 0.724. The largest absolute Gasteiger partial charge is 0.495 e. The van der Waals surface area contributed by atoms with Gasteiger partial charge in [-0.1, -0.05) is 31.2 Å². The molecule has 0 aromatic heterocycles. The van der Waals surface area contributed by atoms with Gasteiger partial charge in [0.2, 0.25) is 5.91 Å². The van der Waals surface area contributed by atoms with Gasteiger partial charge in [0.1, 0.15) is 12.3 Å². The Labute approximate surface area is 166 Å². The molecule has 0 aliphatic heterocycles. The van der Waals surface area contributed by atoms with Crippen molar-refractivity contribution in [2.24, 2.45) is 5.73 Å². The topological polar surface area (TPSA) is 84.7 Å². The first-order valence-corrected chi connectivity index (χ1v) is 8.60. The van der Waals surface area contributed by atoms with E-state index < -0.39 is 0 Å². The highest BCUT2D eigenvalue weighted by atomic mass is 35.5. The van der Waals surface area contributed by atoms with Gasteiger partial charge in [-0.2, -0.15) is 0 Å². The number of benzene rings is 2. The fourth-order valence-electron chi connectivity index (χ4n) is 2.60. The van der Waals surface area contributed by atoms with Crippen molar-refractivity contribution < 1.29 is 14.3 Å². The predicted octanol–water partition coefficient (Wildman–Crippen LogP) is 3.07. The fourth-order valence-corrected chi connectivity index (χ4v) is 2.60. The van der Waals surface area contributed by atoms with E-state index in [1.165, 1.54) is 0 Å². The van der Waals surface area contributed by atoms with Crippen molar-refractivity contribution in [2.75, 3.05) is 25.5 Å². The third-order valence-corrected chi connectivity index (χ3v) is 3.93. The molecule has 2 rings (SSSR count). The number of amides is 2. The summed E-state index contributed by atoms with van der Waals surface area (Å²) in [5.41, 5.74) is 7.67. The van der Waals surface area contributed by atoms with Crippen LogP contribution in [0.25, 0.3) is 0 Å². The monoisotopic (exact) mass is 391 g/mol. The zero-order chi connectivity index (χ0) is 18.9. The smallest absolute Gasteiger partial charge is 0.254 e. The van der Waals surface area contributed by atoms with Crippen molar-refractivity contribution in [3.8, 4) is 5.75 Å². The third kappa shape index (κ3) is 6.27. The highest BCUT2D eigenvalue weighted by molar-refractivity contribution is 5.99. The lowest BCUT2D eigenvalue weighted by molar-refractivity contribution is -0.116. The van der Waals surface area contributed by atoms with Crippen LogP contribution in [-0.4, -0.2) is 36.9 Å². The molecule has 2 aromatic carbocycles. The van der Waals surface area contributed by atoms with E-state index in [0.717, 1.165) is 12.0 Å². The molecule has 0 atom stereocenters. The number of carbonyl (C=O) groups excluding carboxylic acids is 2. The molecule has 146 valence electrons. The Hall–Kier alpha value is -2.57. The van der Waals surface area contributed by atoms with Gasteiger partial charge in [-0.25, -0.2) is 0 Å².